The van der Waals surface area contributed by atoms with Gasteiger partial charge in [0.1, 0.15) is 24.6 Å². The Kier molecular flexibility index (Phi) is 11.6. The molecule has 0 unspecified atom stereocenters. The second-order valence-corrected chi connectivity index (χ2v) is 32.8. The number of imidazole rings is 1. The average molecular weight is 742 g/mol. The first-order valence-corrected chi connectivity index (χ1v) is 26.6. The standard InChI is InChI=1S/C37H63N5O5Si3/c1-26(43)41(22-27-20-18-17-19-21-27)32-29-33(39-24-38-32)42(25-40-29)34-31(47-50(15,16)37(8,9)10)30(46-49(13,14)36(5,6)7)28(45-34)23-44-48(11,12)35(2,3)4/h17-21,24-25,28,30-31,34H,22-23H2,1-16H3/t28-,30-,31-,34-/m1/s1. The summed E-state index contributed by atoms with van der Waals surface area (Å²) in [4.78, 5) is 28.8. The van der Waals surface area contributed by atoms with Gasteiger partial charge < -0.3 is 18.0 Å². The maximum Gasteiger partial charge on any atom is 0.225 e. The van der Waals surface area contributed by atoms with Crippen molar-refractivity contribution in [2.75, 3.05) is 11.5 Å². The molecule has 1 aliphatic rings. The van der Waals surface area contributed by atoms with Crippen LogP contribution in [-0.2, 0) is 29.4 Å². The second kappa shape index (κ2) is 14.3. The Bertz CT molecular complexity index is 1630. The van der Waals surface area contributed by atoms with E-state index in [0.29, 0.717) is 30.1 Å². The molecular weight excluding hydrogens is 679 g/mol. The zero-order valence-electron chi connectivity index (χ0n) is 33.5. The summed E-state index contributed by atoms with van der Waals surface area (Å²) < 4.78 is 30.6. The van der Waals surface area contributed by atoms with Crippen molar-refractivity contribution in [2.45, 2.75) is 155 Å². The molecule has 0 aliphatic carbocycles. The van der Waals surface area contributed by atoms with Crippen molar-refractivity contribution in [1.29, 1.82) is 0 Å². The number of benzene rings is 1. The molecule has 4 rings (SSSR count). The molecule has 2 aromatic heterocycles. The molecule has 1 fully saturated rings. The minimum absolute atomic E-state index is 0.0316. The molecule has 4 atom stereocenters. The first-order chi connectivity index (χ1) is 22.8. The lowest BCUT2D eigenvalue weighted by Crippen LogP contribution is -2.54. The van der Waals surface area contributed by atoms with Gasteiger partial charge in [-0.1, -0.05) is 92.6 Å². The molecule has 1 aliphatic heterocycles. The predicted molar refractivity (Wildman–Crippen MR) is 210 cm³/mol. The van der Waals surface area contributed by atoms with E-state index in [0.717, 1.165) is 5.56 Å². The Hall–Kier alpha value is -2.27. The number of hydrogen-bond donors (Lipinski definition) is 0. The van der Waals surface area contributed by atoms with Gasteiger partial charge in [0, 0.05) is 6.92 Å². The number of rotatable bonds is 11. The second-order valence-electron chi connectivity index (χ2n) is 18.4. The number of anilines is 1. The number of amides is 1. The number of ether oxygens (including phenoxy) is 1. The van der Waals surface area contributed by atoms with Crippen molar-refractivity contribution in [2.24, 2.45) is 0 Å². The maximum absolute atomic E-state index is 13.0. The Morgan fingerprint density at radius 2 is 1.34 bits per heavy atom. The third kappa shape index (κ3) is 8.50. The molecule has 13 heteroatoms. The summed E-state index contributed by atoms with van der Waals surface area (Å²) in [6.45, 7) is 36.2. The topological polar surface area (TPSA) is 101 Å². The largest absolute Gasteiger partial charge is 0.414 e. The summed E-state index contributed by atoms with van der Waals surface area (Å²) in [6, 6.07) is 9.88. The fourth-order valence-electron chi connectivity index (χ4n) is 5.20. The van der Waals surface area contributed by atoms with Crippen molar-refractivity contribution in [1.82, 2.24) is 19.5 Å². The van der Waals surface area contributed by atoms with Gasteiger partial charge in [-0.15, -0.1) is 0 Å². The zero-order chi connectivity index (χ0) is 37.7. The van der Waals surface area contributed by atoms with Crippen LogP contribution in [0.4, 0.5) is 5.82 Å². The van der Waals surface area contributed by atoms with E-state index in [1.54, 1.807) is 18.2 Å². The summed E-state index contributed by atoms with van der Waals surface area (Å²) in [7, 11) is -6.79. The number of carbonyl (C=O) groups is 1. The third-order valence-corrected chi connectivity index (χ3v) is 25.1. The fourth-order valence-corrected chi connectivity index (χ4v) is 8.82. The third-order valence-electron chi connectivity index (χ3n) is 11.6. The smallest absolute Gasteiger partial charge is 0.225 e. The van der Waals surface area contributed by atoms with Gasteiger partial charge in [-0.2, -0.15) is 0 Å². The predicted octanol–water partition coefficient (Wildman–Crippen LogP) is 9.08. The summed E-state index contributed by atoms with van der Waals surface area (Å²) >= 11 is 0. The van der Waals surface area contributed by atoms with Crippen LogP contribution in [0.1, 0.15) is 81.0 Å². The molecular formula is C37H63N5O5Si3. The number of hydrogen-bond acceptors (Lipinski definition) is 8. The first kappa shape index (κ1) is 40.5. The zero-order valence-corrected chi connectivity index (χ0v) is 36.5. The van der Waals surface area contributed by atoms with Gasteiger partial charge in [0.2, 0.25) is 5.91 Å². The van der Waals surface area contributed by atoms with E-state index in [9.17, 15) is 4.79 Å². The van der Waals surface area contributed by atoms with Crippen LogP contribution in [0, 0.1) is 0 Å². The molecule has 0 bridgehead atoms. The van der Waals surface area contributed by atoms with E-state index in [-0.39, 0.29) is 33.2 Å². The van der Waals surface area contributed by atoms with Gasteiger partial charge in [0.05, 0.1) is 19.5 Å². The molecule has 3 heterocycles. The molecule has 0 saturated carbocycles. The van der Waals surface area contributed by atoms with Crippen molar-refractivity contribution in [3.63, 3.8) is 0 Å². The minimum atomic E-state index is -2.36. The first-order valence-electron chi connectivity index (χ1n) is 17.9. The van der Waals surface area contributed by atoms with Crippen LogP contribution in [-0.4, -0.2) is 75.3 Å². The molecule has 0 radical (unpaired) electrons. The molecule has 1 aromatic carbocycles. The molecule has 0 N–H and O–H groups in total. The van der Waals surface area contributed by atoms with Crippen molar-refractivity contribution in [3.05, 3.63) is 48.5 Å². The Labute approximate surface area is 304 Å². The van der Waals surface area contributed by atoms with E-state index in [1.807, 2.05) is 34.9 Å². The van der Waals surface area contributed by atoms with Crippen molar-refractivity contribution >= 4 is 47.8 Å². The Balaban J connectivity index is 1.86. The van der Waals surface area contributed by atoms with Crippen LogP contribution in [0.3, 0.4) is 0 Å². The summed E-state index contributed by atoms with van der Waals surface area (Å²) in [5, 5.41) is -0.0508. The highest BCUT2D eigenvalue weighted by molar-refractivity contribution is 6.75. The molecule has 278 valence electrons. The highest BCUT2D eigenvalue weighted by Crippen LogP contribution is 2.47. The summed E-state index contributed by atoms with van der Waals surface area (Å²) in [5.74, 6) is 0.321. The summed E-state index contributed by atoms with van der Waals surface area (Å²) in [6.07, 6.45) is 1.42. The van der Waals surface area contributed by atoms with E-state index in [2.05, 4.69) is 107 Å². The normalized spacial score (nSPS) is 21.2. The van der Waals surface area contributed by atoms with E-state index < -0.39 is 37.3 Å². The lowest BCUT2D eigenvalue weighted by Gasteiger charge is -2.44. The molecule has 0 spiro atoms. The minimum Gasteiger partial charge on any atom is -0.414 e. The van der Waals surface area contributed by atoms with Gasteiger partial charge in [-0.05, 0) is 60.0 Å². The monoisotopic (exact) mass is 741 g/mol. The lowest BCUT2D eigenvalue weighted by molar-refractivity contribution is -0.116. The highest BCUT2D eigenvalue weighted by Gasteiger charge is 2.55. The van der Waals surface area contributed by atoms with E-state index >= 15 is 0 Å². The lowest BCUT2D eigenvalue weighted by atomic mass is 10.1. The fraction of sp³-hybridized carbons (Fsp3) is 0.676. The molecule has 1 amide bonds. The van der Waals surface area contributed by atoms with Crippen LogP contribution in [0.15, 0.2) is 43.0 Å². The highest BCUT2D eigenvalue weighted by atomic mass is 28.4. The summed E-state index contributed by atoms with van der Waals surface area (Å²) in [5.41, 5.74) is 2.09. The maximum atomic E-state index is 13.0. The van der Waals surface area contributed by atoms with Crippen LogP contribution in [0.25, 0.3) is 11.2 Å². The van der Waals surface area contributed by atoms with Crippen LogP contribution in [0.5, 0.6) is 0 Å². The van der Waals surface area contributed by atoms with Crippen LogP contribution in [0.2, 0.25) is 54.4 Å². The van der Waals surface area contributed by atoms with Crippen molar-refractivity contribution in [3.8, 4) is 0 Å². The average Bonchev–Trinajstić information content (AvgIpc) is 3.54. The van der Waals surface area contributed by atoms with Crippen molar-refractivity contribution < 1.29 is 22.8 Å². The number of fused-ring (bicyclic) bond motifs is 1. The van der Waals surface area contributed by atoms with Gasteiger partial charge >= 0.3 is 0 Å². The number of aromatic nitrogens is 4. The van der Waals surface area contributed by atoms with Gasteiger partial charge in [-0.3, -0.25) is 14.3 Å². The van der Waals surface area contributed by atoms with E-state index in [1.165, 1.54) is 6.33 Å². The molecule has 50 heavy (non-hydrogen) atoms. The van der Waals surface area contributed by atoms with E-state index in [4.69, 9.17) is 28.0 Å². The number of nitrogens with zero attached hydrogens (tertiary/aromatic N) is 5. The quantitative estimate of drug-likeness (QED) is 0.180. The molecule has 1 saturated heterocycles. The van der Waals surface area contributed by atoms with Gasteiger partial charge in [0.25, 0.3) is 0 Å². The van der Waals surface area contributed by atoms with Gasteiger partial charge in [-0.25, -0.2) is 15.0 Å². The SMILES string of the molecule is CC(=O)N(Cc1ccccc1)c1ncnc2c1ncn2[C@@H]1O[C@H](CO[Si](C)(C)C(C)(C)C)[C@@H](O[Si](C)(C)C(C)(C)C)[C@H]1O[Si](C)(C)C(C)(C)C. The van der Waals surface area contributed by atoms with Crippen LogP contribution >= 0.6 is 0 Å². The Morgan fingerprint density at radius 1 is 0.800 bits per heavy atom. The molecule has 10 nitrogen and oxygen atoms in total. The number of carbonyl (C=O) groups excluding carboxylic acids is 1. The van der Waals surface area contributed by atoms with Crippen LogP contribution < -0.4 is 4.90 Å². The van der Waals surface area contributed by atoms with Gasteiger partial charge in [0.15, 0.2) is 48.2 Å². The Morgan fingerprint density at radius 3 is 1.86 bits per heavy atom. The molecule has 3 aromatic rings.